The number of rotatable bonds is 6. The van der Waals surface area contributed by atoms with Crippen LogP contribution in [0, 0.1) is 17.6 Å². The van der Waals surface area contributed by atoms with E-state index in [1.54, 1.807) is 38.4 Å². The first-order valence-electron chi connectivity index (χ1n) is 10.1. The van der Waals surface area contributed by atoms with Crippen molar-refractivity contribution in [2.75, 3.05) is 40.3 Å². The number of aliphatic hydroxyl groups is 1. The van der Waals surface area contributed by atoms with Gasteiger partial charge in [0.2, 0.25) is 0 Å². The van der Waals surface area contributed by atoms with Crippen molar-refractivity contribution in [1.29, 1.82) is 0 Å². The quantitative estimate of drug-likeness (QED) is 0.779. The van der Waals surface area contributed by atoms with Crippen LogP contribution in [-0.4, -0.2) is 61.3 Å². The van der Waals surface area contributed by atoms with Gasteiger partial charge in [0.1, 0.15) is 23.8 Å². The van der Waals surface area contributed by atoms with Crippen LogP contribution in [0.15, 0.2) is 48.5 Å². The Hall–Kier alpha value is -2.51. The minimum absolute atomic E-state index is 0.117. The zero-order valence-corrected chi connectivity index (χ0v) is 17.4. The fraction of sp³-hybridized carbons (Fsp3) is 0.435. The lowest BCUT2D eigenvalue weighted by atomic mass is 9.72. The summed E-state index contributed by atoms with van der Waals surface area (Å²) >= 11 is 0. The zero-order chi connectivity index (χ0) is 21.7. The summed E-state index contributed by atoms with van der Waals surface area (Å²) in [4.78, 5) is 15.1. The molecule has 0 spiro atoms. The molecule has 0 radical (unpaired) electrons. The molecule has 0 aliphatic carbocycles. The predicted octanol–water partition coefficient (Wildman–Crippen LogP) is 3.61. The lowest BCUT2D eigenvalue weighted by molar-refractivity contribution is -0.0164. The molecule has 7 heteroatoms. The Balaban J connectivity index is 1.72. The fourth-order valence-corrected chi connectivity index (χ4v) is 4.01. The Kier molecular flexibility index (Phi) is 7.05. The van der Waals surface area contributed by atoms with E-state index in [2.05, 4.69) is 4.90 Å². The molecule has 1 saturated heterocycles. The number of hydrogen-bond acceptors (Lipinski definition) is 4. The standard InChI is InChI=1S/C23H28F2N2O3/c1-26(2)22(28)30-16-15-27-13-11-19(12-14-27)23(29,17-3-7-20(24)8-4-17)18-5-9-21(25)10-6-18/h3-10,19,29H,11-16H2,1-2H3. The van der Waals surface area contributed by atoms with Crippen molar-refractivity contribution in [1.82, 2.24) is 9.80 Å². The first-order valence-corrected chi connectivity index (χ1v) is 10.1. The molecule has 162 valence electrons. The van der Waals surface area contributed by atoms with Gasteiger partial charge in [0, 0.05) is 20.6 Å². The van der Waals surface area contributed by atoms with Gasteiger partial charge in [-0.2, -0.15) is 0 Å². The van der Waals surface area contributed by atoms with Crippen molar-refractivity contribution in [3.8, 4) is 0 Å². The number of carbonyl (C=O) groups excluding carboxylic acids is 1. The highest BCUT2D eigenvalue weighted by Gasteiger charge is 2.41. The van der Waals surface area contributed by atoms with Crippen molar-refractivity contribution in [3.63, 3.8) is 0 Å². The van der Waals surface area contributed by atoms with Crippen molar-refractivity contribution in [2.24, 2.45) is 5.92 Å². The average molecular weight is 418 g/mol. The van der Waals surface area contributed by atoms with Gasteiger partial charge in [-0.15, -0.1) is 0 Å². The highest BCUT2D eigenvalue weighted by Crippen LogP contribution is 2.42. The Morgan fingerprint density at radius 3 is 1.93 bits per heavy atom. The molecule has 1 fully saturated rings. The summed E-state index contributed by atoms with van der Waals surface area (Å²) in [6.07, 6.45) is 1.03. The van der Waals surface area contributed by atoms with Crippen LogP contribution < -0.4 is 0 Å². The van der Waals surface area contributed by atoms with E-state index in [1.807, 2.05) is 0 Å². The molecule has 0 aromatic heterocycles. The third kappa shape index (κ3) is 4.96. The number of nitrogens with zero attached hydrogens (tertiary/aromatic N) is 2. The second-order valence-corrected chi connectivity index (χ2v) is 7.90. The maximum absolute atomic E-state index is 13.5. The van der Waals surface area contributed by atoms with Crippen molar-refractivity contribution < 1.29 is 23.4 Å². The Bertz CT molecular complexity index is 787. The van der Waals surface area contributed by atoms with Crippen LogP contribution in [0.3, 0.4) is 0 Å². The summed E-state index contributed by atoms with van der Waals surface area (Å²) < 4.78 is 32.1. The van der Waals surface area contributed by atoms with E-state index in [0.717, 1.165) is 13.1 Å². The Labute approximate surface area is 175 Å². The molecule has 1 amide bonds. The number of carbonyl (C=O) groups is 1. The molecular formula is C23H28F2N2O3. The summed E-state index contributed by atoms with van der Waals surface area (Å²) in [6.45, 7) is 2.39. The van der Waals surface area contributed by atoms with Gasteiger partial charge < -0.3 is 14.7 Å². The Morgan fingerprint density at radius 2 is 1.50 bits per heavy atom. The molecule has 0 saturated carbocycles. The summed E-state index contributed by atoms with van der Waals surface area (Å²) in [7, 11) is 3.28. The molecule has 0 unspecified atom stereocenters. The van der Waals surface area contributed by atoms with Gasteiger partial charge in [0.25, 0.3) is 0 Å². The molecule has 0 bridgehead atoms. The van der Waals surface area contributed by atoms with Gasteiger partial charge in [0.05, 0.1) is 0 Å². The van der Waals surface area contributed by atoms with Crippen LogP contribution in [0.1, 0.15) is 24.0 Å². The molecular weight excluding hydrogens is 390 g/mol. The van der Waals surface area contributed by atoms with Gasteiger partial charge in [-0.1, -0.05) is 24.3 Å². The van der Waals surface area contributed by atoms with Gasteiger partial charge in [0.15, 0.2) is 0 Å². The third-order valence-corrected chi connectivity index (χ3v) is 5.75. The topological polar surface area (TPSA) is 53.0 Å². The van der Waals surface area contributed by atoms with E-state index in [0.29, 0.717) is 37.1 Å². The second-order valence-electron chi connectivity index (χ2n) is 7.90. The van der Waals surface area contributed by atoms with E-state index in [9.17, 15) is 18.7 Å². The minimum atomic E-state index is -1.34. The summed E-state index contributed by atoms with van der Waals surface area (Å²) in [5.74, 6) is -0.862. The van der Waals surface area contributed by atoms with Crippen LogP contribution in [0.5, 0.6) is 0 Å². The van der Waals surface area contributed by atoms with Crippen LogP contribution in [0.4, 0.5) is 13.6 Å². The molecule has 1 aliphatic rings. The van der Waals surface area contributed by atoms with Crippen LogP contribution >= 0.6 is 0 Å². The normalized spacial score (nSPS) is 15.8. The second kappa shape index (κ2) is 9.53. The van der Waals surface area contributed by atoms with Crippen LogP contribution in [-0.2, 0) is 10.3 Å². The van der Waals surface area contributed by atoms with Gasteiger partial charge in [-0.3, -0.25) is 4.90 Å². The van der Waals surface area contributed by atoms with Crippen molar-refractivity contribution in [3.05, 3.63) is 71.3 Å². The van der Waals surface area contributed by atoms with Gasteiger partial charge >= 0.3 is 6.09 Å². The number of likely N-dealkylation sites (tertiary alicyclic amines) is 1. The molecule has 1 heterocycles. The van der Waals surface area contributed by atoms with E-state index in [4.69, 9.17) is 4.74 Å². The maximum atomic E-state index is 13.5. The molecule has 1 N–H and O–H groups in total. The fourth-order valence-electron chi connectivity index (χ4n) is 4.01. The van der Waals surface area contributed by atoms with Crippen molar-refractivity contribution >= 4 is 6.09 Å². The average Bonchev–Trinajstić information content (AvgIpc) is 2.74. The van der Waals surface area contributed by atoms with Gasteiger partial charge in [-0.05, 0) is 67.2 Å². The molecule has 2 aromatic carbocycles. The first kappa shape index (κ1) is 22.2. The number of benzene rings is 2. The smallest absolute Gasteiger partial charge is 0.409 e. The van der Waals surface area contributed by atoms with Crippen LogP contribution in [0.2, 0.25) is 0 Å². The molecule has 5 nitrogen and oxygen atoms in total. The van der Waals surface area contributed by atoms with E-state index in [1.165, 1.54) is 29.2 Å². The summed E-state index contributed by atoms with van der Waals surface area (Å²) in [6, 6.07) is 11.7. The molecule has 1 aliphatic heterocycles. The number of hydrogen-bond donors (Lipinski definition) is 1. The molecule has 30 heavy (non-hydrogen) atoms. The van der Waals surface area contributed by atoms with E-state index < -0.39 is 5.60 Å². The number of ether oxygens (including phenoxy) is 1. The SMILES string of the molecule is CN(C)C(=O)OCCN1CCC(C(O)(c2ccc(F)cc2)c2ccc(F)cc2)CC1. The highest BCUT2D eigenvalue weighted by atomic mass is 19.1. The van der Waals surface area contributed by atoms with Crippen LogP contribution in [0.25, 0.3) is 0 Å². The maximum Gasteiger partial charge on any atom is 0.409 e. The predicted molar refractivity (Wildman–Crippen MR) is 110 cm³/mol. The summed E-state index contributed by atoms with van der Waals surface area (Å²) in [5, 5.41) is 11.8. The third-order valence-electron chi connectivity index (χ3n) is 5.75. The van der Waals surface area contributed by atoms with Gasteiger partial charge in [-0.25, -0.2) is 13.6 Å². The zero-order valence-electron chi connectivity index (χ0n) is 17.4. The number of piperidine rings is 1. The molecule has 2 aromatic rings. The monoisotopic (exact) mass is 418 g/mol. The van der Waals surface area contributed by atoms with E-state index in [-0.39, 0.29) is 23.6 Å². The molecule has 0 atom stereocenters. The first-order chi connectivity index (χ1) is 14.3. The lowest BCUT2D eigenvalue weighted by Crippen LogP contribution is -2.45. The largest absolute Gasteiger partial charge is 0.448 e. The number of halogens is 2. The molecule has 3 rings (SSSR count). The lowest BCUT2D eigenvalue weighted by Gasteiger charge is -2.42. The number of amides is 1. The minimum Gasteiger partial charge on any atom is -0.448 e. The van der Waals surface area contributed by atoms with Crippen molar-refractivity contribution in [2.45, 2.75) is 18.4 Å². The summed E-state index contributed by atoms with van der Waals surface area (Å²) in [5.41, 5.74) is -0.159. The highest BCUT2D eigenvalue weighted by molar-refractivity contribution is 5.66. The van der Waals surface area contributed by atoms with E-state index >= 15 is 0 Å². The Morgan fingerprint density at radius 1 is 1.03 bits per heavy atom.